The number of hydrogen-bond donors (Lipinski definition) is 1. The van der Waals surface area contributed by atoms with Gasteiger partial charge >= 0.3 is 0 Å². The third-order valence-corrected chi connectivity index (χ3v) is 4.03. The zero-order chi connectivity index (χ0) is 12.2. The van der Waals surface area contributed by atoms with Crippen molar-refractivity contribution < 1.29 is 9.53 Å². The molecule has 0 aliphatic carbocycles. The Hall–Kier alpha value is -0.740. The fraction of sp³-hybridized carbons (Fsp3) is 0.545. The average molecular weight is 262 g/mol. The normalized spacial score (nSPS) is 14.2. The topological polar surface area (TPSA) is 38.3 Å². The highest BCUT2D eigenvalue weighted by atomic mass is 35.5. The molecule has 5 heteroatoms. The smallest absolute Gasteiger partial charge is 0.265 e. The Morgan fingerprint density at radius 2 is 2.38 bits per heavy atom. The minimum absolute atomic E-state index is 0.128. The number of alkyl halides is 1. The number of carbonyl (C=O) groups is 1. The summed E-state index contributed by atoms with van der Waals surface area (Å²) in [6.45, 7) is 3.92. The van der Waals surface area contributed by atoms with Crippen LogP contribution in [0.5, 0.6) is 5.75 Å². The SMILES string of the molecule is CCC(C)(CCl)NC(=O)c1sccc1OC. The van der Waals surface area contributed by atoms with Crippen molar-refractivity contribution in [3.8, 4) is 5.75 Å². The summed E-state index contributed by atoms with van der Waals surface area (Å²) in [5.41, 5.74) is -0.367. The molecule has 0 spiro atoms. The third kappa shape index (κ3) is 2.89. The molecule has 0 bridgehead atoms. The summed E-state index contributed by atoms with van der Waals surface area (Å²) in [5.74, 6) is 0.871. The van der Waals surface area contributed by atoms with E-state index in [-0.39, 0.29) is 11.4 Å². The summed E-state index contributed by atoms with van der Waals surface area (Å²) in [5, 5.41) is 4.76. The second-order valence-corrected chi connectivity index (χ2v) is 5.00. The van der Waals surface area contributed by atoms with Crippen LogP contribution in [0.3, 0.4) is 0 Å². The van der Waals surface area contributed by atoms with E-state index in [0.29, 0.717) is 16.5 Å². The van der Waals surface area contributed by atoms with Crippen molar-refractivity contribution in [2.24, 2.45) is 0 Å². The van der Waals surface area contributed by atoms with Gasteiger partial charge in [0.1, 0.15) is 10.6 Å². The number of carbonyl (C=O) groups excluding carboxylic acids is 1. The minimum atomic E-state index is -0.367. The molecule has 1 heterocycles. The van der Waals surface area contributed by atoms with Crippen LogP contribution in [0.4, 0.5) is 0 Å². The third-order valence-electron chi connectivity index (χ3n) is 2.55. The second-order valence-electron chi connectivity index (χ2n) is 3.82. The van der Waals surface area contributed by atoms with Crippen molar-refractivity contribution in [2.45, 2.75) is 25.8 Å². The summed E-state index contributed by atoms with van der Waals surface area (Å²) >= 11 is 7.21. The van der Waals surface area contributed by atoms with Gasteiger partial charge in [0, 0.05) is 5.88 Å². The summed E-state index contributed by atoms with van der Waals surface area (Å²) < 4.78 is 5.10. The molecule has 0 saturated heterocycles. The predicted octanol–water partition coefficient (Wildman–Crippen LogP) is 2.89. The first-order valence-corrected chi connectivity index (χ1v) is 6.47. The molecule has 1 N–H and O–H groups in total. The van der Waals surface area contributed by atoms with Gasteiger partial charge in [-0.2, -0.15) is 0 Å². The molecule has 1 rings (SSSR count). The minimum Gasteiger partial charge on any atom is -0.495 e. The molecule has 0 aliphatic rings. The first-order valence-electron chi connectivity index (χ1n) is 5.06. The lowest BCUT2D eigenvalue weighted by molar-refractivity contribution is 0.0914. The van der Waals surface area contributed by atoms with Gasteiger partial charge in [-0.1, -0.05) is 6.92 Å². The van der Waals surface area contributed by atoms with Gasteiger partial charge in [-0.05, 0) is 24.8 Å². The fourth-order valence-electron chi connectivity index (χ4n) is 1.17. The van der Waals surface area contributed by atoms with Gasteiger partial charge in [-0.25, -0.2) is 0 Å². The number of halogens is 1. The Balaban J connectivity index is 2.80. The molecule has 0 aromatic carbocycles. The maximum atomic E-state index is 12.0. The number of rotatable bonds is 5. The highest BCUT2D eigenvalue weighted by Gasteiger charge is 2.25. The Labute approximate surface area is 105 Å². The van der Waals surface area contributed by atoms with Gasteiger partial charge in [-0.15, -0.1) is 22.9 Å². The molecule has 16 heavy (non-hydrogen) atoms. The monoisotopic (exact) mass is 261 g/mol. The van der Waals surface area contributed by atoms with Crippen LogP contribution >= 0.6 is 22.9 Å². The van der Waals surface area contributed by atoms with E-state index in [9.17, 15) is 4.79 Å². The molecule has 1 aromatic heterocycles. The lowest BCUT2D eigenvalue weighted by Crippen LogP contribution is -2.46. The summed E-state index contributed by atoms with van der Waals surface area (Å²) in [6, 6.07) is 1.78. The van der Waals surface area contributed by atoms with E-state index < -0.39 is 0 Å². The molecule has 3 nitrogen and oxygen atoms in total. The second kappa shape index (κ2) is 5.55. The van der Waals surface area contributed by atoms with Crippen LogP contribution in [0.1, 0.15) is 29.9 Å². The first-order chi connectivity index (χ1) is 7.56. The standard InChI is InChI=1S/C11H16ClNO2S/c1-4-11(2,7-12)13-10(14)9-8(15-3)5-6-16-9/h5-6H,4,7H2,1-3H3,(H,13,14). The van der Waals surface area contributed by atoms with Crippen LogP contribution < -0.4 is 10.1 Å². The summed E-state index contributed by atoms with van der Waals surface area (Å²) in [7, 11) is 1.55. The van der Waals surface area contributed by atoms with Crippen LogP contribution in [0, 0.1) is 0 Å². The van der Waals surface area contributed by atoms with Crippen molar-refractivity contribution in [2.75, 3.05) is 13.0 Å². The van der Waals surface area contributed by atoms with Crippen molar-refractivity contribution in [1.29, 1.82) is 0 Å². The molecular formula is C11H16ClNO2S. The molecule has 90 valence electrons. The van der Waals surface area contributed by atoms with Gasteiger partial charge < -0.3 is 10.1 Å². The summed E-state index contributed by atoms with van der Waals surface area (Å²) in [4.78, 5) is 12.6. The molecule has 0 aliphatic heterocycles. The van der Waals surface area contributed by atoms with Crippen molar-refractivity contribution in [1.82, 2.24) is 5.32 Å². The van der Waals surface area contributed by atoms with Gasteiger partial charge in [0.25, 0.3) is 5.91 Å². The lowest BCUT2D eigenvalue weighted by atomic mass is 10.0. The van der Waals surface area contributed by atoms with Gasteiger partial charge in [0.2, 0.25) is 0 Å². The molecule has 1 atom stereocenters. The van der Waals surface area contributed by atoms with Crippen LogP contribution in [0.25, 0.3) is 0 Å². The van der Waals surface area contributed by atoms with Gasteiger partial charge in [-0.3, -0.25) is 4.79 Å². The Kier molecular flexibility index (Phi) is 4.62. The maximum absolute atomic E-state index is 12.0. The van der Waals surface area contributed by atoms with Crippen molar-refractivity contribution in [3.05, 3.63) is 16.3 Å². The summed E-state index contributed by atoms with van der Waals surface area (Å²) in [6.07, 6.45) is 0.788. The van der Waals surface area contributed by atoms with E-state index in [1.54, 1.807) is 13.2 Å². The average Bonchev–Trinajstić information content (AvgIpc) is 2.76. The number of methoxy groups -OCH3 is 1. The number of thiophene rings is 1. The quantitative estimate of drug-likeness (QED) is 0.828. The number of hydrogen-bond acceptors (Lipinski definition) is 3. The van der Waals surface area contributed by atoms with E-state index in [4.69, 9.17) is 16.3 Å². The zero-order valence-electron chi connectivity index (χ0n) is 9.67. The first kappa shape index (κ1) is 13.3. The van der Waals surface area contributed by atoms with Crippen LogP contribution in [0.2, 0.25) is 0 Å². The fourth-order valence-corrected chi connectivity index (χ4v) is 2.18. The van der Waals surface area contributed by atoms with E-state index >= 15 is 0 Å². The molecule has 1 unspecified atom stereocenters. The highest BCUT2D eigenvalue weighted by Crippen LogP contribution is 2.25. The van der Waals surface area contributed by atoms with E-state index in [1.165, 1.54) is 11.3 Å². The highest BCUT2D eigenvalue weighted by molar-refractivity contribution is 7.12. The predicted molar refractivity (Wildman–Crippen MR) is 67.8 cm³/mol. The molecular weight excluding hydrogens is 246 g/mol. The van der Waals surface area contributed by atoms with Gasteiger partial charge in [0.15, 0.2) is 0 Å². The molecule has 1 aromatic rings. The lowest BCUT2D eigenvalue weighted by Gasteiger charge is -2.26. The number of nitrogens with one attached hydrogen (secondary N) is 1. The van der Waals surface area contributed by atoms with E-state index in [2.05, 4.69) is 5.32 Å². The number of amides is 1. The molecule has 0 fully saturated rings. The molecule has 1 amide bonds. The largest absolute Gasteiger partial charge is 0.495 e. The van der Waals surface area contributed by atoms with Crippen molar-refractivity contribution in [3.63, 3.8) is 0 Å². The van der Waals surface area contributed by atoms with Gasteiger partial charge in [0.05, 0.1) is 12.6 Å². The van der Waals surface area contributed by atoms with E-state index in [0.717, 1.165) is 6.42 Å². The van der Waals surface area contributed by atoms with E-state index in [1.807, 2.05) is 19.2 Å². The van der Waals surface area contributed by atoms with Crippen LogP contribution in [-0.4, -0.2) is 24.4 Å². The van der Waals surface area contributed by atoms with Crippen LogP contribution in [-0.2, 0) is 0 Å². The molecule has 0 saturated carbocycles. The number of ether oxygens (including phenoxy) is 1. The zero-order valence-corrected chi connectivity index (χ0v) is 11.2. The Morgan fingerprint density at radius 3 is 2.88 bits per heavy atom. The Bertz CT molecular complexity index is 361. The Morgan fingerprint density at radius 1 is 1.69 bits per heavy atom. The van der Waals surface area contributed by atoms with Crippen molar-refractivity contribution >= 4 is 28.8 Å². The van der Waals surface area contributed by atoms with Crippen LogP contribution in [0.15, 0.2) is 11.4 Å². The maximum Gasteiger partial charge on any atom is 0.265 e. The molecule has 0 radical (unpaired) electrons.